The number of carbonyl (C=O) groups is 1. The van der Waals surface area contributed by atoms with Gasteiger partial charge in [0.15, 0.2) is 28.8 Å². The molecule has 0 atom stereocenters. The van der Waals surface area contributed by atoms with Gasteiger partial charge in [0, 0.05) is 32.3 Å². The Labute approximate surface area is 222 Å². The molecule has 0 aromatic heterocycles. The summed E-state index contributed by atoms with van der Waals surface area (Å²) >= 11 is 12.0. The number of hydrogen-bond donors (Lipinski definition) is 0. The van der Waals surface area contributed by atoms with Crippen LogP contribution < -0.4 is 18.9 Å². The molecule has 0 bridgehead atoms. The number of ketones is 1. The summed E-state index contributed by atoms with van der Waals surface area (Å²) in [6.45, 7) is 0. The molecule has 0 radical (unpaired) electrons. The van der Waals surface area contributed by atoms with E-state index in [1.807, 2.05) is 0 Å². The van der Waals surface area contributed by atoms with Gasteiger partial charge in [-0.15, -0.1) is 17.6 Å². The highest BCUT2D eigenvalue weighted by molar-refractivity contribution is 6.31. The maximum atomic E-state index is 14.1. The topological polar surface area (TPSA) is 54.0 Å². The van der Waals surface area contributed by atoms with Crippen LogP contribution in [0.5, 0.6) is 23.0 Å². The molecule has 11 heteroatoms. The first-order chi connectivity index (χ1) is 18.0. The number of rotatable bonds is 4. The average molecular weight is 563 g/mol. The second kappa shape index (κ2) is 8.54. The molecule has 192 valence electrons. The third kappa shape index (κ3) is 4.17. The van der Waals surface area contributed by atoms with Crippen LogP contribution >= 0.6 is 23.2 Å². The fraction of sp³-hybridized carbons (Fsp3) is 0.0741. The van der Waals surface area contributed by atoms with E-state index in [-0.39, 0.29) is 45.3 Å². The summed E-state index contributed by atoms with van der Waals surface area (Å²) in [5.74, 6) is -1.96. The van der Waals surface area contributed by atoms with Crippen LogP contribution in [0.25, 0.3) is 22.3 Å². The fourth-order valence-corrected chi connectivity index (χ4v) is 4.61. The summed E-state index contributed by atoms with van der Waals surface area (Å²) in [6.07, 6.45) is -7.91. The third-order valence-electron chi connectivity index (χ3n) is 5.90. The van der Waals surface area contributed by atoms with Crippen molar-refractivity contribution in [3.8, 4) is 45.3 Å². The van der Waals surface area contributed by atoms with Crippen LogP contribution in [0, 0.1) is 0 Å². The van der Waals surface area contributed by atoms with E-state index in [1.54, 1.807) is 0 Å². The van der Waals surface area contributed by atoms with Crippen molar-refractivity contribution in [1.82, 2.24) is 0 Å². The van der Waals surface area contributed by atoms with Crippen molar-refractivity contribution < 1.29 is 41.3 Å². The summed E-state index contributed by atoms with van der Waals surface area (Å²) in [5, 5.41) is 0.747. The highest BCUT2D eigenvalue weighted by atomic mass is 35.5. The van der Waals surface area contributed by atoms with Gasteiger partial charge in [-0.2, -0.15) is 0 Å². The fourth-order valence-electron chi connectivity index (χ4n) is 4.36. The molecule has 2 heterocycles. The van der Waals surface area contributed by atoms with Gasteiger partial charge < -0.3 is 18.9 Å². The number of ether oxygens (including phenoxy) is 4. The van der Waals surface area contributed by atoms with Crippen LogP contribution in [0.4, 0.5) is 17.6 Å². The number of alkyl halides is 4. The molecule has 38 heavy (non-hydrogen) atoms. The highest BCUT2D eigenvalue weighted by Gasteiger charge is 2.47. The van der Waals surface area contributed by atoms with E-state index >= 15 is 0 Å². The molecule has 2 aliphatic heterocycles. The molecule has 6 rings (SSSR count). The molecule has 0 amide bonds. The summed E-state index contributed by atoms with van der Waals surface area (Å²) < 4.78 is 74.8. The largest absolute Gasteiger partial charge is 0.586 e. The van der Waals surface area contributed by atoms with Crippen LogP contribution in [0.15, 0.2) is 72.8 Å². The average Bonchev–Trinajstić information content (AvgIpc) is 3.36. The van der Waals surface area contributed by atoms with Crippen molar-refractivity contribution in [2.75, 3.05) is 0 Å². The monoisotopic (exact) mass is 562 g/mol. The minimum absolute atomic E-state index is 0.00592. The molecule has 0 saturated carbocycles. The van der Waals surface area contributed by atoms with E-state index in [0.29, 0.717) is 21.2 Å². The number of halogens is 6. The first-order valence-electron chi connectivity index (χ1n) is 10.9. The predicted octanol–water partition coefficient (Wildman–Crippen LogP) is 8.20. The lowest BCUT2D eigenvalue weighted by Crippen LogP contribution is -2.26. The zero-order valence-electron chi connectivity index (χ0n) is 18.7. The molecule has 2 aliphatic rings. The van der Waals surface area contributed by atoms with Crippen molar-refractivity contribution in [1.29, 1.82) is 0 Å². The van der Waals surface area contributed by atoms with Crippen molar-refractivity contribution >= 4 is 29.0 Å². The number of hydrogen-bond acceptors (Lipinski definition) is 5. The third-order valence-corrected chi connectivity index (χ3v) is 6.40. The molecule has 0 saturated heterocycles. The van der Waals surface area contributed by atoms with Gasteiger partial charge in [-0.05, 0) is 59.7 Å². The summed E-state index contributed by atoms with van der Waals surface area (Å²) in [7, 11) is 0. The first kappa shape index (κ1) is 24.4. The zero-order valence-corrected chi connectivity index (χ0v) is 20.2. The molecule has 0 aliphatic carbocycles. The van der Waals surface area contributed by atoms with E-state index in [0.717, 1.165) is 0 Å². The Bertz CT molecular complexity index is 1490. The van der Waals surface area contributed by atoms with E-state index < -0.39 is 18.4 Å². The lowest BCUT2D eigenvalue weighted by Gasteiger charge is -2.16. The van der Waals surface area contributed by atoms with E-state index in [4.69, 9.17) is 32.7 Å². The van der Waals surface area contributed by atoms with Gasteiger partial charge >= 0.3 is 12.6 Å². The van der Waals surface area contributed by atoms with E-state index in [9.17, 15) is 22.4 Å². The number of carbonyl (C=O) groups excluding carboxylic acids is 1. The Morgan fingerprint density at radius 1 is 0.553 bits per heavy atom. The van der Waals surface area contributed by atoms with Crippen molar-refractivity contribution in [3.05, 3.63) is 94.0 Å². The zero-order chi connectivity index (χ0) is 26.8. The van der Waals surface area contributed by atoms with Crippen LogP contribution in [0.2, 0.25) is 10.0 Å². The van der Waals surface area contributed by atoms with Gasteiger partial charge in [0.1, 0.15) is 0 Å². The molecule has 5 nitrogen and oxygen atoms in total. The Morgan fingerprint density at radius 2 is 0.921 bits per heavy atom. The lowest BCUT2D eigenvalue weighted by atomic mass is 9.88. The van der Waals surface area contributed by atoms with Crippen LogP contribution in [0.1, 0.15) is 15.9 Å². The summed E-state index contributed by atoms with van der Waals surface area (Å²) in [6, 6.07) is 17.1. The van der Waals surface area contributed by atoms with E-state index in [2.05, 4.69) is 9.47 Å². The van der Waals surface area contributed by atoms with Gasteiger partial charge in [-0.25, -0.2) is 0 Å². The predicted molar refractivity (Wildman–Crippen MR) is 130 cm³/mol. The number of benzene rings is 4. The number of fused-ring (bicyclic) bond motifs is 2. The Balaban J connectivity index is 1.58. The lowest BCUT2D eigenvalue weighted by molar-refractivity contribution is -0.287. The molecule has 0 unspecified atom stereocenters. The smallest absolute Gasteiger partial charge is 0.395 e. The minimum atomic E-state index is -3.95. The van der Waals surface area contributed by atoms with E-state index in [1.165, 1.54) is 72.8 Å². The highest BCUT2D eigenvalue weighted by Crippen LogP contribution is 2.52. The summed E-state index contributed by atoms with van der Waals surface area (Å²) in [4.78, 5) is 14.1. The van der Waals surface area contributed by atoms with Gasteiger partial charge in [0.25, 0.3) is 0 Å². The van der Waals surface area contributed by atoms with Crippen molar-refractivity contribution in [3.63, 3.8) is 0 Å². The molecule has 0 fully saturated rings. The Hall–Kier alpha value is -3.95. The summed E-state index contributed by atoms with van der Waals surface area (Å²) in [5.41, 5.74) is 0.548. The normalized spacial score (nSPS) is 15.9. The van der Waals surface area contributed by atoms with Crippen LogP contribution in [-0.2, 0) is 0 Å². The maximum Gasteiger partial charge on any atom is 0.586 e. The Morgan fingerprint density at radius 3 is 1.29 bits per heavy atom. The molecular weight excluding hydrogens is 551 g/mol. The standard InChI is InChI=1S/C27H12Cl2F4O5/c28-15-5-1-13(2-6-15)21-17(9-11-19-24(21)37-26(30,31)35-19)23(34)18-10-12-20-25(38-27(32,33)36-20)22(18)14-3-7-16(29)8-4-14/h1-12H. The van der Waals surface area contributed by atoms with Crippen LogP contribution in [0.3, 0.4) is 0 Å². The second-order valence-corrected chi connectivity index (χ2v) is 9.18. The quantitative estimate of drug-likeness (QED) is 0.185. The van der Waals surface area contributed by atoms with Gasteiger partial charge in [-0.1, -0.05) is 47.5 Å². The molecule has 4 aromatic rings. The maximum absolute atomic E-state index is 14.1. The molecule has 0 spiro atoms. The van der Waals surface area contributed by atoms with Crippen LogP contribution in [-0.4, -0.2) is 18.4 Å². The van der Waals surface area contributed by atoms with Gasteiger partial charge in [0.2, 0.25) is 0 Å². The molecular formula is C27H12Cl2F4O5. The molecule has 4 aromatic carbocycles. The Kier molecular flexibility index (Phi) is 5.48. The SMILES string of the molecule is O=C(c1ccc2c(c1-c1ccc(Cl)cc1)OC(F)(F)O2)c1ccc2c(c1-c1ccc(Cl)cc1)OC(F)(F)O2. The molecule has 0 N–H and O–H groups in total. The first-order valence-corrected chi connectivity index (χ1v) is 11.7. The van der Waals surface area contributed by atoms with Crippen molar-refractivity contribution in [2.24, 2.45) is 0 Å². The second-order valence-electron chi connectivity index (χ2n) is 8.31. The minimum Gasteiger partial charge on any atom is -0.395 e. The van der Waals surface area contributed by atoms with Crippen molar-refractivity contribution in [2.45, 2.75) is 12.6 Å². The van der Waals surface area contributed by atoms with Gasteiger partial charge in [-0.3, -0.25) is 4.79 Å². The van der Waals surface area contributed by atoms with Gasteiger partial charge in [0.05, 0.1) is 0 Å².